The predicted octanol–water partition coefficient (Wildman–Crippen LogP) is 5.62. The number of aromatic nitrogens is 3. The number of rotatable bonds is 3. The number of hydrogen-bond acceptors (Lipinski definition) is 6. The van der Waals surface area contributed by atoms with Crippen LogP contribution in [0, 0.1) is 0 Å². The molecule has 7 heteroatoms. The van der Waals surface area contributed by atoms with E-state index in [4.69, 9.17) is 4.74 Å². The van der Waals surface area contributed by atoms with Crippen molar-refractivity contribution in [3.8, 4) is 5.75 Å². The molecule has 2 aliphatic heterocycles. The summed E-state index contributed by atoms with van der Waals surface area (Å²) in [6.45, 7) is 0. The van der Waals surface area contributed by atoms with Gasteiger partial charge in [0.2, 0.25) is 5.95 Å². The van der Waals surface area contributed by atoms with Crippen molar-refractivity contribution < 1.29 is 4.74 Å². The fourth-order valence-electron chi connectivity index (χ4n) is 4.19. The van der Waals surface area contributed by atoms with E-state index in [0.29, 0.717) is 0 Å². The second-order valence-corrected chi connectivity index (χ2v) is 9.03. The van der Waals surface area contributed by atoms with Gasteiger partial charge in [0.15, 0.2) is 0 Å². The van der Waals surface area contributed by atoms with E-state index >= 15 is 0 Å². The number of thiophene rings is 1. The molecule has 4 heterocycles. The Balaban J connectivity index is 1.60. The molecule has 30 heavy (non-hydrogen) atoms. The van der Waals surface area contributed by atoms with Crippen molar-refractivity contribution in [3.63, 3.8) is 0 Å². The standard InChI is InChI=1S/C23H18N4OS2/c1-29-15-10-8-14(9-11-15)22-19-20(16-5-2-3-6-17(16)28-22)26-23-24-13-25-27(23)21(19)18-7-4-12-30-18/h2-13,21-22H,1H3,(H,24,25,26)/t21-,22-/m0/s1. The Morgan fingerprint density at radius 2 is 1.93 bits per heavy atom. The number of hydrogen-bond donors (Lipinski definition) is 1. The maximum Gasteiger partial charge on any atom is 0.226 e. The Kier molecular flexibility index (Phi) is 4.17. The summed E-state index contributed by atoms with van der Waals surface area (Å²) >= 11 is 3.47. The van der Waals surface area contributed by atoms with Crippen LogP contribution in [0.5, 0.6) is 5.75 Å². The lowest BCUT2D eigenvalue weighted by atomic mass is 9.87. The van der Waals surface area contributed by atoms with Crippen LogP contribution in [-0.4, -0.2) is 21.0 Å². The largest absolute Gasteiger partial charge is 0.480 e. The van der Waals surface area contributed by atoms with Crippen molar-refractivity contribution in [1.29, 1.82) is 0 Å². The first-order valence-electron chi connectivity index (χ1n) is 9.67. The lowest BCUT2D eigenvalue weighted by Crippen LogP contribution is -2.32. The fourth-order valence-corrected chi connectivity index (χ4v) is 5.43. The van der Waals surface area contributed by atoms with Crippen molar-refractivity contribution in [3.05, 3.63) is 93.9 Å². The molecule has 5 nitrogen and oxygen atoms in total. The Labute approximate surface area is 182 Å². The topological polar surface area (TPSA) is 52.0 Å². The highest BCUT2D eigenvalue weighted by atomic mass is 32.2. The Hall–Kier alpha value is -3.03. The van der Waals surface area contributed by atoms with Gasteiger partial charge in [0.25, 0.3) is 0 Å². The highest BCUT2D eigenvalue weighted by Crippen LogP contribution is 2.51. The van der Waals surface area contributed by atoms with Gasteiger partial charge in [-0.25, -0.2) is 4.68 Å². The third-order valence-corrected chi connectivity index (χ3v) is 7.22. The number of fused-ring (bicyclic) bond motifs is 3. The normalized spacial score (nSPS) is 19.4. The summed E-state index contributed by atoms with van der Waals surface area (Å²) in [5.74, 6) is 1.63. The molecule has 0 fully saturated rings. The van der Waals surface area contributed by atoms with Gasteiger partial charge in [-0.05, 0) is 47.5 Å². The number of nitrogens with one attached hydrogen (secondary N) is 1. The van der Waals surface area contributed by atoms with Gasteiger partial charge in [0.05, 0.1) is 5.70 Å². The van der Waals surface area contributed by atoms with Gasteiger partial charge in [0, 0.05) is 20.9 Å². The van der Waals surface area contributed by atoms with Crippen LogP contribution in [0.4, 0.5) is 5.95 Å². The van der Waals surface area contributed by atoms with Crippen LogP contribution in [-0.2, 0) is 0 Å². The first-order chi connectivity index (χ1) is 14.8. The third-order valence-electron chi connectivity index (χ3n) is 5.55. The van der Waals surface area contributed by atoms with Gasteiger partial charge < -0.3 is 10.1 Å². The average molecular weight is 431 g/mol. The number of para-hydroxylation sites is 1. The Morgan fingerprint density at radius 1 is 1.07 bits per heavy atom. The molecule has 0 radical (unpaired) electrons. The molecule has 2 aromatic heterocycles. The van der Waals surface area contributed by atoms with E-state index in [1.807, 2.05) is 22.9 Å². The fraction of sp³-hybridized carbons (Fsp3) is 0.130. The van der Waals surface area contributed by atoms with Crippen LogP contribution in [0.25, 0.3) is 5.70 Å². The zero-order valence-electron chi connectivity index (χ0n) is 16.1. The van der Waals surface area contributed by atoms with Crippen molar-refractivity contribution in [2.24, 2.45) is 0 Å². The zero-order valence-corrected chi connectivity index (χ0v) is 17.8. The van der Waals surface area contributed by atoms with Gasteiger partial charge in [-0.2, -0.15) is 10.1 Å². The maximum atomic E-state index is 6.62. The van der Waals surface area contributed by atoms with Gasteiger partial charge in [-0.1, -0.05) is 30.3 Å². The molecule has 0 saturated heterocycles. The van der Waals surface area contributed by atoms with E-state index in [9.17, 15) is 0 Å². The van der Waals surface area contributed by atoms with E-state index < -0.39 is 0 Å². The second kappa shape index (κ2) is 7.04. The molecule has 0 unspecified atom stereocenters. The maximum absolute atomic E-state index is 6.62. The second-order valence-electron chi connectivity index (χ2n) is 7.17. The van der Waals surface area contributed by atoms with Crippen molar-refractivity contribution in [1.82, 2.24) is 14.8 Å². The summed E-state index contributed by atoms with van der Waals surface area (Å²) in [5.41, 5.74) is 4.41. The molecule has 2 aromatic carbocycles. The SMILES string of the molecule is CSc1ccc([C@@H]2Oc3ccccc3C3=C2[C@H](c2cccs2)n2ncnc2N3)cc1. The number of nitrogens with zero attached hydrogens (tertiary/aromatic N) is 3. The first-order valence-corrected chi connectivity index (χ1v) is 11.8. The molecule has 148 valence electrons. The van der Waals surface area contributed by atoms with Crippen LogP contribution in [0.2, 0.25) is 0 Å². The molecule has 1 N–H and O–H groups in total. The Morgan fingerprint density at radius 3 is 2.73 bits per heavy atom. The van der Waals surface area contributed by atoms with Crippen LogP contribution >= 0.6 is 23.1 Å². The average Bonchev–Trinajstić information content (AvgIpc) is 3.49. The minimum Gasteiger partial charge on any atom is -0.480 e. The lowest BCUT2D eigenvalue weighted by Gasteiger charge is -2.38. The minimum atomic E-state index is -0.220. The molecule has 0 aliphatic carbocycles. The third kappa shape index (κ3) is 2.69. The summed E-state index contributed by atoms with van der Waals surface area (Å²) < 4.78 is 8.58. The number of benzene rings is 2. The first kappa shape index (κ1) is 17.8. The molecule has 0 spiro atoms. The van der Waals surface area contributed by atoms with E-state index in [0.717, 1.165) is 34.1 Å². The van der Waals surface area contributed by atoms with Crippen LogP contribution in [0.3, 0.4) is 0 Å². The van der Waals surface area contributed by atoms with Crippen LogP contribution < -0.4 is 10.1 Å². The van der Waals surface area contributed by atoms with Gasteiger partial charge in [-0.3, -0.25) is 0 Å². The van der Waals surface area contributed by atoms with Gasteiger partial charge >= 0.3 is 0 Å². The summed E-state index contributed by atoms with van der Waals surface area (Å²) in [4.78, 5) is 6.92. The van der Waals surface area contributed by atoms with Crippen molar-refractivity contribution in [2.45, 2.75) is 17.0 Å². The quantitative estimate of drug-likeness (QED) is 0.428. The molecule has 2 atom stereocenters. The number of thioether (sulfide) groups is 1. The van der Waals surface area contributed by atoms with E-state index in [2.05, 4.69) is 69.5 Å². The van der Waals surface area contributed by atoms with E-state index in [1.54, 1.807) is 29.4 Å². The lowest BCUT2D eigenvalue weighted by molar-refractivity contribution is 0.223. The van der Waals surface area contributed by atoms with E-state index in [1.165, 1.54) is 9.77 Å². The molecule has 4 aromatic rings. The molecular weight excluding hydrogens is 412 g/mol. The summed E-state index contributed by atoms with van der Waals surface area (Å²) in [5, 5.41) is 10.2. The predicted molar refractivity (Wildman–Crippen MR) is 121 cm³/mol. The minimum absolute atomic E-state index is 0.0719. The molecular formula is C23H18N4OS2. The molecule has 0 saturated carbocycles. The molecule has 0 amide bonds. The van der Waals surface area contributed by atoms with Crippen LogP contribution in [0.1, 0.15) is 28.1 Å². The highest BCUT2D eigenvalue weighted by molar-refractivity contribution is 7.98. The van der Waals surface area contributed by atoms with Crippen LogP contribution in [0.15, 0.2) is 82.8 Å². The summed E-state index contributed by atoms with van der Waals surface area (Å²) in [6, 6.07) is 21.0. The van der Waals surface area contributed by atoms with Crippen molar-refractivity contribution >= 4 is 34.7 Å². The number of anilines is 1. The number of ether oxygens (including phenoxy) is 1. The molecule has 0 bridgehead atoms. The molecule has 2 aliphatic rings. The van der Waals surface area contributed by atoms with Crippen molar-refractivity contribution in [2.75, 3.05) is 11.6 Å². The summed E-state index contributed by atoms with van der Waals surface area (Å²) in [6.07, 6.45) is 3.48. The summed E-state index contributed by atoms with van der Waals surface area (Å²) in [7, 11) is 0. The smallest absolute Gasteiger partial charge is 0.226 e. The van der Waals surface area contributed by atoms with Gasteiger partial charge in [-0.15, -0.1) is 23.1 Å². The van der Waals surface area contributed by atoms with Gasteiger partial charge in [0.1, 0.15) is 24.2 Å². The zero-order chi connectivity index (χ0) is 20.1. The van der Waals surface area contributed by atoms with E-state index in [-0.39, 0.29) is 12.1 Å². The molecule has 6 rings (SSSR count). The highest BCUT2D eigenvalue weighted by Gasteiger charge is 2.41. The Bertz CT molecular complexity index is 1240. The monoisotopic (exact) mass is 430 g/mol.